The van der Waals surface area contributed by atoms with Gasteiger partial charge < -0.3 is 24.4 Å². The van der Waals surface area contributed by atoms with Crippen LogP contribution in [0.3, 0.4) is 0 Å². The Morgan fingerprint density at radius 3 is 2.28 bits per heavy atom. The highest BCUT2D eigenvalue weighted by Crippen LogP contribution is 2.21. The van der Waals surface area contributed by atoms with Gasteiger partial charge in [0.2, 0.25) is 0 Å². The van der Waals surface area contributed by atoms with E-state index in [2.05, 4.69) is 5.32 Å². The Kier molecular flexibility index (Phi) is 7.18. The molecule has 152 valence electrons. The molecule has 0 spiro atoms. The summed E-state index contributed by atoms with van der Waals surface area (Å²) in [5.74, 6) is -0.0912. The summed E-state index contributed by atoms with van der Waals surface area (Å²) in [5, 5.41) is 2.47. The molecule has 0 saturated carbocycles. The summed E-state index contributed by atoms with van der Waals surface area (Å²) < 4.78 is 15.8. The van der Waals surface area contributed by atoms with E-state index < -0.39 is 11.9 Å². The summed E-state index contributed by atoms with van der Waals surface area (Å²) in [6, 6.07) is 15.8. The molecule has 1 N–H and O–H groups in total. The molecule has 0 atom stereocenters. The first-order valence-electron chi connectivity index (χ1n) is 9.24. The van der Waals surface area contributed by atoms with Crippen LogP contribution in [0.15, 0.2) is 54.6 Å². The van der Waals surface area contributed by atoms with Gasteiger partial charge >= 0.3 is 5.97 Å². The minimum atomic E-state index is -0.677. The maximum absolute atomic E-state index is 12.2. The lowest BCUT2D eigenvalue weighted by atomic mass is 10.2. The Bertz CT molecular complexity index is 832. The molecular formula is C21H22N2O6. The summed E-state index contributed by atoms with van der Waals surface area (Å²) in [4.78, 5) is 37.4. The van der Waals surface area contributed by atoms with Crippen LogP contribution in [0.2, 0.25) is 0 Å². The van der Waals surface area contributed by atoms with E-state index in [4.69, 9.17) is 14.2 Å². The molecule has 8 nitrogen and oxygen atoms in total. The monoisotopic (exact) mass is 398 g/mol. The molecular weight excluding hydrogens is 376 g/mol. The number of carbonyl (C=O) groups is 3. The Morgan fingerprint density at radius 1 is 0.931 bits per heavy atom. The van der Waals surface area contributed by atoms with E-state index in [1.807, 2.05) is 30.3 Å². The second-order valence-corrected chi connectivity index (χ2v) is 6.28. The number of ether oxygens (including phenoxy) is 3. The van der Waals surface area contributed by atoms with Crippen LogP contribution in [0, 0.1) is 0 Å². The van der Waals surface area contributed by atoms with Crippen LogP contribution in [0.1, 0.15) is 10.4 Å². The van der Waals surface area contributed by atoms with E-state index in [0.717, 1.165) is 0 Å². The highest BCUT2D eigenvalue weighted by Gasteiger charge is 2.18. The van der Waals surface area contributed by atoms with Crippen LogP contribution in [0.25, 0.3) is 0 Å². The summed E-state index contributed by atoms with van der Waals surface area (Å²) in [6.07, 6.45) is 0. The van der Waals surface area contributed by atoms with Crippen molar-refractivity contribution >= 4 is 17.8 Å². The molecule has 0 radical (unpaired) electrons. The molecule has 2 aromatic rings. The van der Waals surface area contributed by atoms with E-state index in [0.29, 0.717) is 43.4 Å². The second kappa shape index (κ2) is 10.2. The Hall–Kier alpha value is -3.39. The number of nitrogens with one attached hydrogen (secondary N) is 1. The number of nitrogens with zero attached hydrogens (tertiary/aromatic N) is 1. The molecule has 1 aliphatic heterocycles. The molecule has 0 aliphatic carbocycles. The van der Waals surface area contributed by atoms with Crippen molar-refractivity contribution in [1.29, 1.82) is 0 Å². The van der Waals surface area contributed by atoms with Crippen LogP contribution in [0.5, 0.6) is 11.5 Å². The molecule has 1 aliphatic rings. The van der Waals surface area contributed by atoms with Crippen molar-refractivity contribution in [3.8, 4) is 11.5 Å². The summed E-state index contributed by atoms with van der Waals surface area (Å²) >= 11 is 0. The maximum atomic E-state index is 12.2. The summed E-state index contributed by atoms with van der Waals surface area (Å²) in [6.45, 7) is 1.25. The van der Waals surface area contributed by atoms with Gasteiger partial charge in [-0.3, -0.25) is 14.4 Å². The fourth-order valence-electron chi connectivity index (χ4n) is 2.65. The number of para-hydroxylation sites is 1. The van der Waals surface area contributed by atoms with E-state index in [9.17, 15) is 14.4 Å². The molecule has 0 bridgehead atoms. The van der Waals surface area contributed by atoms with Crippen LogP contribution < -0.4 is 10.1 Å². The SMILES string of the molecule is O=C(CNC(=O)c1ccc(Oc2ccccc2)cc1)OCC(=O)N1CCOCC1. The van der Waals surface area contributed by atoms with Gasteiger partial charge in [-0.05, 0) is 36.4 Å². The van der Waals surface area contributed by atoms with Gasteiger partial charge in [-0.15, -0.1) is 0 Å². The Morgan fingerprint density at radius 2 is 1.59 bits per heavy atom. The van der Waals surface area contributed by atoms with Crippen molar-refractivity contribution in [3.05, 3.63) is 60.2 Å². The number of morpholine rings is 1. The topological polar surface area (TPSA) is 94.2 Å². The predicted molar refractivity (Wildman–Crippen MR) is 104 cm³/mol. The zero-order chi connectivity index (χ0) is 20.5. The molecule has 1 saturated heterocycles. The summed E-state index contributed by atoms with van der Waals surface area (Å²) in [5.41, 5.74) is 0.377. The molecule has 8 heteroatoms. The van der Waals surface area contributed by atoms with Gasteiger partial charge in [0.25, 0.3) is 11.8 Å². The second-order valence-electron chi connectivity index (χ2n) is 6.28. The third kappa shape index (κ3) is 6.32. The van der Waals surface area contributed by atoms with Crippen molar-refractivity contribution < 1.29 is 28.6 Å². The van der Waals surface area contributed by atoms with E-state index in [1.165, 1.54) is 0 Å². The number of rotatable bonds is 7. The van der Waals surface area contributed by atoms with Crippen molar-refractivity contribution in [2.75, 3.05) is 39.5 Å². The van der Waals surface area contributed by atoms with Gasteiger partial charge in [0.1, 0.15) is 18.0 Å². The van der Waals surface area contributed by atoms with Gasteiger partial charge in [-0.2, -0.15) is 0 Å². The average Bonchev–Trinajstić information content (AvgIpc) is 2.77. The average molecular weight is 398 g/mol. The zero-order valence-corrected chi connectivity index (χ0v) is 15.8. The third-order valence-corrected chi connectivity index (χ3v) is 4.21. The molecule has 1 fully saturated rings. The number of carbonyl (C=O) groups excluding carboxylic acids is 3. The predicted octanol–water partition coefficient (Wildman–Crippen LogP) is 1.61. The van der Waals surface area contributed by atoms with Crippen LogP contribution in [-0.2, 0) is 19.1 Å². The quantitative estimate of drug-likeness (QED) is 0.712. The van der Waals surface area contributed by atoms with Gasteiger partial charge in [-0.1, -0.05) is 18.2 Å². The van der Waals surface area contributed by atoms with Crippen LogP contribution >= 0.6 is 0 Å². The lowest BCUT2D eigenvalue weighted by molar-refractivity contribution is -0.152. The molecule has 0 unspecified atom stereocenters. The Balaban J connectivity index is 1.40. The first-order chi connectivity index (χ1) is 14.1. The third-order valence-electron chi connectivity index (χ3n) is 4.21. The van der Waals surface area contributed by atoms with Gasteiger partial charge in [-0.25, -0.2) is 0 Å². The number of hydrogen-bond acceptors (Lipinski definition) is 6. The van der Waals surface area contributed by atoms with Crippen molar-refractivity contribution in [2.24, 2.45) is 0 Å². The van der Waals surface area contributed by atoms with E-state index in [1.54, 1.807) is 29.2 Å². The fourth-order valence-corrected chi connectivity index (χ4v) is 2.65. The summed E-state index contributed by atoms with van der Waals surface area (Å²) in [7, 11) is 0. The largest absolute Gasteiger partial charge is 0.457 e. The molecule has 29 heavy (non-hydrogen) atoms. The lowest BCUT2D eigenvalue weighted by Gasteiger charge is -2.26. The van der Waals surface area contributed by atoms with E-state index in [-0.39, 0.29) is 19.1 Å². The number of benzene rings is 2. The minimum Gasteiger partial charge on any atom is -0.457 e. The van der Waals surface area contributed by atoms with Crippen LogP contribution in [-0.4, -0.2) is 62.1 Å². The fraction of sp³-hybridized carbons (Fsp3) is 0.286. The van der Waals surface area contributed by atoms with Gasteiger partial charge in [0.05, 0.1) is 13.2 Å². The molecule has 3 rings (SSSR count). The molecule has 0 aromatic heterocycles. The minimum absolute atomic E-state index is 0.276. The van der Waals surface area contributed by atoms with Gasteiger partial charge in [0, 0.05) is 18.7 Å². The lowest BCUT2D eigenvalue weighted by Crippen LogP contribution is -2.43. The van der Waals surface area contributed by atoms with Crippen molar-refractivity contribution in [3.63, 3.8) is 0 Å². The maximum Gasteiger partial charge on any atom is 0.325 e. The smallest absolute Gasteiger partial charge is 0.325 e. The van der Waals surface area contributed by atoms with Crippen LogP contribution in [0.4, 0.5) is 0 Å². The number of hydrogen-bond donors (Lipinski definition) is 1. The first-order valence-corrected chi connectivity index (χ1v) is 9.24. The highest BCUT2D eigenvalue weighted by molar-refractivity contribution is 5.96. The normalized spacial score (nSPS) is 13.4. The standard InChI is InChI=1S/C21H22N2O6/c24-19(23-10-12-27-13-11-23)15-28-20(25)14-22-21(26)16-6-8-18(9-7-16)29-17-4-2-1-3-5-17/h1-9H,10-15H2,(H,22,26). The molecule has 1 heterocycles. The van der Waals surface area contributed by atoms with Crippen molar-refractivity contribution in [2.45, 2.75) is 0 Å². The number of amides is 2. The van der Waals surface area contributed by atoms with Crippen molar-refractivity contribution in [1.82, 2.24) is 10.2 Å². The first kappa shape index (κ1) is 20.3. The highest BCUT2D eigenvalue weighted by atomic mass is 16.5. The van der Waals surface area contributed by atoms with Gasteiger partial charge in [0.15, 0.2) is 6.61 Å². The molecule has 2 amide bonds. The van der Waals surface area contributed by atoms with E-state index >= 15 is 0 Å². The Labute approximate surface area is 168 Å². The number of esters is 1. The molecule has 2 aromatic carbocycles. The zero-order valence-electron chi connectivity index (χ0n) is 15.8.